The Morgan fingerprint density at radius 3 is 2.08 bits per heavy atom. The zero-order chi connectivity index (χ0) is 18.4. The lowest BCUT2D eigenvalue weighted by atomic mass is 9.74. The molecule has 7 nitrogen and oxygen atoms in total. The van der Waals surface area contributed by atoms with Crippen molar-refractivity contribution in [3.8, 4) is 17.2 Å². The van der Waals surface area contributed by atoms with Gasteiger partial charge in [-0.15, -0.1) is 0 Å². The number of carboxylic acid groups (broad SMARTS) is 1. The molecule has 0 atom stereocenters. The fourth-order valence-electron chi connectivity index (χ4n) is 3.25. The first-order valence-electron chi connectivity index (χ1n) is 8.29. The van der Waals surface area contributed by atoms with Gasteiger partial charge in [-0.05, 0) is 12.8 Å². The molecule has 0 saturated heterocycles. The highest BCUT2D eigenvalue weighted by molar-refractivity contribution is 5.98. The number of benzene rings is 1. The Bertz CT molecular complexity index is 637. The van der Waals surface area contributed by atoms with Gasteiger partial charge in [0.25, 0.3) is 5.91 Å². The standard InChI is InChI=1S/C18H25NO6/c1-23-13-10-15(25-3)14(24-2)9-12(13)16(20)19-11-18(17(21)22)7-5-4-6-8-18/h9-10H,4-8,11H2,1-3H3,(H,19,20)(H,21,22). The Balaban J connectivity index is 2.21. The molecule has 0 aromatic heterocycles. The van der Waals surface area contributed by atoms with Gasteiger partial charge in [0.15, 0.2) is 11.5 Å². The molecule has 1 amide bonds. The minimum Gasteiger partial charge on any atom is -0.496 e. The van der Waals surface area contributed by atoms with Crippen molar-refractivity contribution >= 4 is 11.9 Å². The van der Waals surface area contributed by atoms with Gasteiger partial charge in [-0.25, -0.2) is 0 Å². The van der Waals surface area contributed by atoms with Crippen molar-refractivity contribution in [2.75, 3.05) is 27.9 Å². The SMILES string of the molecule is COc1cc(OC)c(C(=O)NCC2(C(=O)O)CCCCC2)cc1OC. The molecule has 0 bridgehead atoms. The summed E-state index contributed by atoms with van der Waals surface area (Å²) in [4.78, 5) is 24.3. The van der Waals surface area contributed by atoms with E-state index in [9.17, 15) is 14.7 Å². The molecule has 1 aliphatic rings. The van der Waals surface area contributed by atoms with Crippen LogP contribution in [-0.4, -0.2) is 44.9 Å². The molecule has 1 aromatic rings. The van der Waals surface area contributed by atoms with Crippen LogP contribution in [0.15, 0.2) is 12.1 Å². The maximum absolute atomic E-state index is 12.6. The predicted octanol–water partition coefficient (Wildman–Crippen LogP) is 2.48. The molecular formula is C18H25NO6. The molecule has 2 rings (SSSR count). The van der Waals surface area contributed by atoms with E-state index in [4.69, 9.17) is 14.2 Å². The molecule has 1 aliphatic carbocycles. The molecule has 0 spiro atoms. The normalized spacial score (nSPS) is 16.0. The summed E-state index contributed by atoms with van der Waals surface area (Å²) in [6, 6.07) is 3.10. The number of methoxy groups -OCH3 is 3. The first-order valence-corrected chi connectivity index (χ1v) is 8.29. The van der Waals surface area contributed by atoms with Gasteiger partial charge in [-0.2, -0.15) is 0 Å². The van der Waals surface area contributed by atoms with Gasteiger partial charge in [0.2, 0.25) is 0 Å². The average molecular weight is 351 g/mol. The van der Waals surface area contributed by atoms with Crippen LogP contribution in [0.2, 0.25) is 0 Å². The van der Waals surface area contributed by atoms with Crippen LogP contribution in [0, 0.1) is 5.41 Å². The van der Waals surface area contributed by atoms with Crippen molar-refractivity contribution in [1.82, 2.24) is 5.32 Å². The van der Waals surface area contributed by atoms with Gasteiger partial charge in [0, 0.05) is 18.7 Å². The molecule has 0 unspecified atom stereocenters. The third-order valence-corrected chi connectivity index (χ3v) is 4.80. The molecule has 2 N–H and O–H groups in total. The Morgan fingerprint density at radius 2 is 1.56 bits per heavy atom. The number of carbonyl (C=O) groups excluding carboxylic acids is 1. The number of ether oxygens (including phenoxy) is 3. The minimum atomic E-state index is -0.891. The smallest absolute Gasteiger partial charge is 0.311 e. The molecule has 0 radical (unpaired) electrons. The van der Waals surface area contributed by atoms with Gasteiger partial charge in [-0.1, -0.05) is 19.3 Å². The number of carbonyl (C=O) groups is 2. The van der Waals surface area contributed by atoms with Gasteiger partial charge >= 0.3 is 5.97 Å². The van der Waals surface area contributed by atoms with E-state index in [1.807, 2.05) is 0 Å². The van der Waals surface area contributed by atoms with Gasteiger partial charge in [0.05, 0.1) is 32.3 Å². The molecule has 1 aromatic carbocycles. The highest BCUT2D eigenvalue weighted by Crippen LogP contribution is 2.37. The number of carboxylic acids is 1. The Morgan fingerprint density at radius 1 is 1.00 bits per heavy atom. The van der Waals surface area contributed by atoms with Gasteiger partial charge in [0.1, 0.15) is 5.75 Å². The third-order valence-electron chi connectivity index (χ3n) is 4.80. The van der Waals surface area contributed by atoms with Crippen molar-refractivity contribution in [3.63, 3.8) is 0 Å². The maximum atomic E-state index is 12.6. The lowest BCUT2D eigenvalue weighted by molar-refractivity contribution is -0.150. The molecule has 0 heterocycles. The Labute approximate surface area is 147 Å². The lowest BCUT2D eigenvalue weighted by Crippen LogP contribution is -2.44. The number of nitrogens with one attached hydrogen (secondary N) is 1. The van der Waals surface area contributed by atoms with Crippen LogP contribution in [0.4, 0.5) is 0 Å². The van der Waals surface area contributed by atoms with E-state index in [2.05, 4.69) is 5.32 Å². The van der Waals surface area contributed by atoms with E-state index in [-0.39, 0.29) is 12.1 Å². The first-order chi connectivity index (χ1) is 12.0. The summed E-state index contributed by atoms with van der Waals surface area (Å²) < 4.78 is 15.7. The van der Waals surface area contributed by atoms with Crippen LogP contribution in [0.5, 0.6) is 17.2 Å². The average Bonchev–Trinajstić information content (AvgIpc) is 2.65. The van der Waals surface area contributed by atoms with E-state index >= 15 is 0 Å². The zero-order valence-corrected chi connectivity index (χ0v) is 14.9. The fraction of sp³-hybridized carbons (Fsp3) is 0.556. The van der Waals surface area contributed by atoms with Crippen molar-refractivity contribution in [2.24, 2.45) is 5.41 Å². The van der Waals surface area contributed by atoms with Crippen molar-refractivity contribution in [1.29, 1.82) is 0 Å². The molecule has 7 heteroatoms. The summed E-state index contributed by atoms with van der Waals surface area (Å²) >= 11 is 0. The highest BCUT2D eigenvalue weighted by Gasteiger charge is 2.40. The highest BCUT2D eigenvalue weighted by atomic mass is 16.5. The van der Waals surface area contributed by atoms with Crippen LogP contribution in [-0.2, 0) is 4.79 Å². The fourth-order valence-corrected chi connectivity index (χ4v) is 3.25. The van der Waals surface area contributed by atoms with Crippen LogP contribution in [0.1, 0.15) is 42.5 Å². The molecule has 1 saturated carbocycles. The van der Waals surface area contributed by atoms with Crippen LogP contribution in [0.25, 0.3) is 0 Å². The molecule has 138 valence electrons. The molecular weight excluding hydrogens is 326 g/mol. The topological polar surface area (TPSA) is 94.1 Å². The molecule has 25 heavy (non-hydrogen) atoms. The first kappa shape index (κ1) is 18.9. The van der Waals surface area contributed by atoms with E-state index in [0.717, 1.165) is 19.3 Å². The maximum Gasteiger partial charge on any atom is 0.311 e. The predicted molar refractivity (Wildman–Crippen MR) is 91.6 cm³/mol. The summed E-state index contributed by atoms with van der Waals surface area (Å²) in [6.45, 7) is 0.0959. The van der Waals surface area contributed by atoms with E-state index in [1.54, 1.807) is 6.07 Å². The van der Waals surface area contributed by atoms with Crippen LogP contribution in [0.3, 0.4) is 0 Å². The Hall–Kier alpha value is -2.44. The molecule has 1 fully saturated rings. The van der Waals surface area contributed by atoms with E-state index in [0.29, 0.717) is 30.1 Å². The number of hydrogen-bond donors (Lipinski definition) is 2. The van der Waals surface area contributed by atoms with Crippen LogP contribution < -0.4 is 19.5 Å². The summed E-state index contributed by atoms with van der Waals surface area (Å²) in [6.07, 6.45) is 3.91. The summed E-state index contributed by atoms with van der Waals surface area (Å²) in [5.41, 5.74) is -0.617. The van der Waals surface area contributed by atoms with Gasteiger partial charge in [-0.3, -0.25) is 9.59 Å². The van der Waals surface area contributed by atoms with Crippen LogP contribution >= 0.6 is 0 Å². The summed E-state index contributed by atoms with van der Waals surface area (Å²) in [5.74, 6) is -0.0665. The third kappa shape index (κ3) is 3.97. The van der Waals surface area contributed by atoms with Crippen molar-refractivity contribution in [3.05, 3.63) is 17.7 Å². The second-order valence-corrected chi connectivity index (χ2v) is 6.24. The van der Waals surface area contributed by atoms with Gasteiger partial charge < -0.3 is 24.6 Å². The number of rotatable bonds is 7. The Kier molecular flexibility index (Phi) is 6.12. The quantitative estimate of drug-likeness (QED) is 0.784. The second-order valence-electron chi connectivity index (χ2n) is 6.24. The van der Waals surface area contributed by atoms with E-state index < -0.39 is 17.3 Å². The number of amides is 1. The summed E-state index contributed by atoms with van der Waals surface area (Å²) in [5, 5.41) is 12.4. The monoisotopic (exact) mass is 351 g/mol. The largest absolute Gasteiger partial charge is 0.496 e. The minimum absolute atomic E-state index is 0.0959. The second kappa shape index (κ2) is 8.09. The van der Waals surface area contributed by atoms with E-state index in [1.165, 1.54) is 27.4 Å². The number of aliphatic carboxylic acids is 1. The summed E-state index contributed by atoms with van der Waals surface area (Å²) in [7, 11) is 4.43. The lowest BCUT2D eigenvalue weighted by Gasteiger charge is -2.33. The molecule has 0 aliphatic heterocycles. The number of hydrogen-bond acceptors (Lipinski definition) is 5. The zero-order valence-electron chi connectivity index (χ0n) is 14.9. The van der Waals surface area contributed by atoms with Crippen molar-refractivity contribution < 1.29 is 28.9 Å². The van der Waals surface area contributed by atoms with Crippen molar-refractivity contribution in [2.45, 2.75) is 32.1 Å².